The summed E-state index contributed by atoms with van der Waals surface area (Å²) in [5.74, 6) is 0. The van der Waals surface area contributed by atoms with Gasteiger partial charge in [-0.05, 0) is 12.5 Å². The molecule has 0 aliphatic heterocycles. The second-order valence-corrected chi connectivity index (χ2v) is 2.52. The van der Waals surface area contributed by atoms with Crippen LogP contribution in [-0.4, -0.2) is 10.1 Å². The number of rotatable bonds is 2. The number of hydrogen-bond donors (Lipinski definition) is 1. The van der Waals surface area contributed by atoms with Crippen LogP contribution in [-0.2, 0) is 6.61 Å². The molecule has 0 saturated heterocycles. The van der Waals surface area contributed by atoms with Crippen molar-refractivity contribution in [3.8, 4) is 0 Å². The third kappa shape index (κ3) is 1.76. The molecule has 66 valence electrons. The standard InChI is InChI=1S/C8H9F2NO/c1-5-2-6(4-12)7(8(9)10)11-3-5/h2-3,8,12H,4H2,1H3. The van der Waals surface area contributed by atoms with E-state index in [0.29, 0.717) is 0 Å². The van der Waals surface area contributed by atoms with E-state index in [-0.39, 0.29) is 11.3 Å². The second-order valence-electron chi connectivity index (χ2n) is 2.52. The van der Waals surface area contributed by atoms with E-state index in [1.807, 2.05) is 0 Å². The molecule has 0 spiro atoms. The molecular formula is C8H9F2NO. The number of aliphatic hydroxyl groups is 1. The summed E-state index contributed by atoms with van der Waals surface area (Å²) in [5.41, 5.74) is 0.636. The molecule has 1 rings (SSSR count). The van der Waals surface area contributed by atoms with Crippen molar-refractivity contribution in [2.45, 2.75) is 20.0 Å². The minimum atomic E-state index is -2.62. The Bertz CT molecular complexity index is 276. The molecule has 1 N–H and O–H groups in total. The minimum absolute atomic E-state index is 0.199. The van der Waals surface area contributed by atoms with Crippen molar-refractivity contribution in [2.75, 3.05) is 0 Å². The monoisotopic (exact) mass is 173 g/mol. The number of hydrogen-bond acceptors (Lipinski definition) is 2. The molecule has 0 atom stereocenters. The Kier molecular flexibility index (Phi) is 2.70. The van der Waals surface area contributed by atoms with Gasteiger partial charge in [-0.3, -0.25) is 4.98 Å². The van der Waals surface area contributed by atoms with Crippen molar-refractivity contribution in [1.29, 1.82) is 0 Å². The Balaban J connectivity index is 3.11. The summed E-state index contributed by atoms with van der Waals surface area (Å²) < 4.78 is 24.3. The molecule has 0 bridgehead atoms. The summed E-state index contributed by atoms with van der Waals surface area (Å²) >= 11 is 0. The van der Waals surface area contributed by atoms with Gasteiger partial charge >= 0.3 is 0 Å². The van der Waals surface area contributed by atoms with Gasteiger partial charge in [0.15, 0.2) is 0 Å². The van der Waals surface area contributed by atoms with Crippen LogP contribution in [0.5, 0.6) is 0 Å². The van der Waals surface area contributed by atoms with Crippen LogP contribution in [0.15, 0.2) is 12.3 Å². The van der Waals surface area contributed by atoms with Gasteiger partial charge in [-0.2, -0.15) is 0 Å². The minimum Gasteiger partial charge on any atom is -0.392 e. The lowest BCUT2D eigenvalue weighted by molar-refractivity contribution is 0.141. The lowest BCUT2D eigenvalue weighted by Crippen LogP contribution is -1.98. The van der Waals surface area contributed by atoms with Crippen molar-refractivity contribution in [2.24, 2.45) is 0 Å². The van der Waals surface area contributed by atoms with Gasteiger partial charge in [0.1, 0.15) is 5.69 Å². The largest absolute Gasteiger partial charge is 0.392 e. The van der Waals surface area contributed by atoms with Crippen molar-refractivity contribution in [3.05, 3.63) is 29.1 Å². The number of aryl methyl sites for hydroxylation is 1. The molecule has 4 heteroatoms. The molecule has 12 heavy (non-hydrogen) atoms. The van der Waals surface area contributed by atoms with Crippen molar-refractivity contribution < 1.29 is 13.9 Å². The second kappa shape index (κ2) is 3.58. The lowest BCUT2D eigenvalue weighted by atomic mass is 10.1. The van der Waals surface area contributed by atoms with Crippen molar-refractivity contribution in [1.82, 2.24) is 4.98 Å². The van der Waals surface area contributed by atoms with Gasteiger partial charge in [-0.25, -0.2) is 8.78 Å². The molecule has 1 aromatic heterocycles. The number of alkyl halides is 2. The first kappa shape index (κ1) is 9.06. The van der Waals surface area contributed by atoms with E-state index >= 15 is 0 Å². The van der Waals surface area contributed by atoms with E-state index in [1.165, 1.54) is 12.3 Å². The molecular weight excluding hydrogens is 164 g/mol. The summed E-state index contributed by atoms with van der Waals surface area (Å²) in [6, 6.07) is 1.51. The Morgan fingerprint density at radius 2 is 2.25 bits per heavy atom. The van der Waals surface area contributed by atoms with Crippen LogP contribution in [0, 0.1) is 6.92 Å². The molecule has 0 aliphatic carbocycles. The van der Waals surface area contributed by atoms with Crippen LogP contribution < -0.4 is 0 Å². The first-order chi connectivity index (χ1) is 5.65. The van der Waals surface area contributed by atoms with Crippen LogP contribution in [0.3, 0.4) is 0 Å². The highest BCUT2D eigenvalue weighted by atomic mass is 19.3. The maximum absolute atomic E-state index is 12.2. The van der Waals surface area contributed by atoms with Gasteiger partial charge in [0.05, 0.1) is 6.61 Å². The Hall–Kier alpha value is -1.03. The zero-order chi connectivity index (χ0) is 9.14. The Morgan fingerprint density at radius 3 is 2.75 bits per heavy atom. The van der Waals surface area contributed by atoms with E-state index < -0.39 is 13.0 Å². The molecule has 1 heterocycles. The summed E-state index contributed by atoms with van der Waals surface area (Å²) in [4.78, 5) is 3.54. The number of halogens is 2. The zero-order valence-electron chi connectivity index (χ0n) is 6.59. The molecule has 0 radical (unpaired) electrons. The van der Waals surface area contributed by atoms with E-state index in [4.69, 9.17) is 5.11 Å². The van der Waals surface area contributed by atoms with Crippen LogP contribution in [0.25, 0.3) is 0 Å². The van der Waals surface area contributed by atoms with E-state index in [1.54, 1.807) is 6.92 Å². The number of aliphatic hydroxyl groups excluding tert-OH is 1. The van der Waals surface area contributed by atoms with Gasteiger partial charge in [0.2, 0.25) is 0 Å². The molecule has 2 nitrogen and oxygen atoms in total. The maximum Gasteiger partial charge on any atom is 0.280 e. The lowest BCUT2D eigenvalue weighted by Gasteiger charge is -2.05. The molecule has 0 unspecified atom stereocenters. The fraction of sp³-hybridized carbons (Fsp3) is 0.375. The summed E-state index contributed by atoms with van der Waals surface area (Å²) in [7, 11) is 0. The fourth-order valence-electron chi connectivity index (χ4n) is 0.963. The molecule has 0 aromatic carbocycles. The van der Waals surface area contributed by atoms with Crippen molar-refractivity contribution >= 4 is 0 Å². The fourth-order valence-corrected chi connectivity index (χ4v) is 0.963. The highest BCUT2D eigenvalue weighted by molar-refractivity contribution is 5.24. The third-order valence-electron chi connectivity index (χ3n) is 1.52. The quantitative estimate of drug-likeness (QED) is 0.739. The first-order valence-corrected chi connectivity index (χ1v) is 3.49. The molecule has 1 aromatic rings. The molecule has 0 fully saturated rings. The predicted molar refractivity (Wildman–Crippen MR) is 39.9 cm³/mol. The zero-order valence-corrected chi connectivity index (χ0v) is 6.59. The average Bonchev–Trinajstić information content (AvgIpc) is 2.03. The smallest absolute Gasteiger partial charge is 0.280 e. The van der Waals surface area contributed by atoms with Gasteiger partial charge in [-0.15, -0.1) is 0 Å². The third-order valence-corrected chi connectivity index (χ3v) is 1.52. The van der Waals surface area contributed by atoms with Crippen LogP contribution >= 0.6 is 0 Å². The van der Waals surface area contributed by atoms with Crippen molar-refractivity contribution in [3.63, 3.8) is 0 Å². The van der Waals surface area contributed by atoms with Crippen LogP contribution in [0.4, 0.5) is 8.78 Å². The van der Waals surface area contributed by atoms with E-state index in [0.717, 1.165) is 5.56 Å². The highest BCUT2D eigenvalue weighted by Gasteiger charge is 2.13. The van der Waals surface area contributed by atoms with E-state index in [9.17, 15) is 8.78 Å². The number of nitrogens with zero attached hydrogens (tertiary/aromatic N) is 1. The summed E-state index contributed by atoms with van der Waals surface area (Å²) in [5, 5.41) is 8.72. The van der Waals surface area contributed by atoms with E-state index in [2.05, 4.69) is 4.98 Å². The average molecular weight is 173 g/mol. The Morgan fingerprint density at radius 1 is 1.58 bits per heavy atom. The normalized spacial score (nSPS) is 10.8. The maximum atomic E-state index is 12.2. The predicted octanol–water partition coefficient (Wildman–Crippen LogP) is 1.82. The van der Waals surface area contributed by atoms with Gasteiger partial charge in [0.25, 0.3) is 6.43 Å². The number of pyridine rings is 1. The first-order valence-electron chi connectivity index (χ1n) is 3.49. The summed E-state index contributed by atoms with van der Waals surface area (Å²) in [6.45, 7) is 1.34. The SMILES string of the molecule is Cc1cnc(C(F)F)c(CO)c1. The van der Waals surface area contributed by atoms with Crippen LogP contribution in [0.2, 0.25) is 0 Å². The highest BCUT2D eigenvalue weighted by Crippen LogP contribution is 2.20. The molecule has 0 saturated carbocycles. The topological polar surface area (TPSA) is 33.1 Å². The number of aromatic nitrogens is 1. The summed E-state index contributed by atoms with van der Waals surface area (Å²) in [6.07, 6.45) is -1.26. The Labute approximate surface area is 68.9 Å². The van der Waals surface area contributed by atoms with Gasteiger partial charge in [0, 0.05) is 11.8 Å². The van der Waals surface area contributed by atoms with Gasteiger partial charge in [-0.1, -0.05) is 6.07 Å². The van der Waals surface area contributed by atoms with Gasteiger partial charge < -0.3 is 5.11 Å². The molecule has 0 aliphatic rings. The molecule has 0 amide bonds. The van der Waals surface area contributed by atoms with Crippen LogP contribution in [0.1, 0.15) is 23.2 Å².